The minimum absolute atomic E-state index is 0.102. The third kappa shape index (κ3) is 4.60. The molecule has 2 N–H and O–H groups in total. The van der Waals surface area contributed by atoms with Gasteiger partial charge < -0.3 is 10.5 Å². The van der Waals surface area contributed by atoms with E-state index in [0.717, 1.165) is 31.7 Å². The highest BCUT2D eigenvalue weighted by molar-refractivity contribution is 8.21. The van der Waals surface area contributed by atoms with E-state index in [1.54, 1.807) is 18.2 Å². The van der Waals surface area contributed by atoms with Gasteiger partial charge >= 0.3 is 0 Å². The minimum Gasteiger partial charge on any atom is -0.488 e. The first-order chi connectivity index (χ1) is 8.24. The van der Waals surface area contributed by atoms with E-state index < -0.39 is 0 Å². The van der Waals surface area contributed by atoms with E-state index in [1.165, 1.54) is 0 Å². The number of nitrogens with two attached hydrogens (primary N) is 1. The second kappa shape index (κ2) is 8.11. The summed E-state index contributed by atoms with van der Waals surface area (Å²) in [4.78, 5) is 1.59. The molecule has 0 radical (unpaired) electrons. The van der Waals surface area contributed by atoms with E-state index in [2.05, 4.69) is 0 Å². The van der Waals surface area contributed by atoms with Gasteiger partial charge in [-0.05, 0) is 61.5 Å². The Kier molecular flexibility index (Phi) is 7.15. The van der Waals surface area contributed by atoms with E-state index in [9.17, 15) is 4.39 Å². The van der Waals surface area contributed by atoms with Crippen LogP contribution in [0.15, 0.2) is 39.9 Å². The number of hydrogen-bond acceptors (Lipinski definition) is 4. The Bertz CT molecular complexity index is 404. The average molecular weight is 314 g/mol. The highest BCUT2D eigenvalue weighted by Gasteiger charge is 2.06. The van der Waals surface area contributed by atoms with Gasteiger partial charge in [-0.3, -0.25) is 0 Å². The van der Waals surface area contributed by atoms with Crippen LogP contribution < -0.4 is 10.5 Å². The molecule has 0 atom stereocenters. The van der Waals surface area contributed by atoms with Crippen molar-refractivity contribution in [2.45, 2.75) is 9.79 Å². The van der Waals surface area contributed by atoms with Crippen molar-refractivity contribution in [1.82, 2.24) is 0 Å². The smallest absolute Gasteiger partial charge is 0.134 e. The number of hydrogen-bond donors (Lipinski definition) is 1. The molecule has 17 heavy (non-hydrogen) atoms. The van der Waals surface area contributed by atoms with Gasteiger partial charge in [-0.1, -0.05) is 0 Å². The van der Waals surface area contributed by atoms with Gasteiger partial charge in [0.1, 0.15) is 12.4 Å². The van der Waals surface area contributed by atoms with Crippen molar-refractivity contribution in [2.75, 3.05) is 13.2 Å². The third-order valence-corrected chi connectivity index (χ3v) is 3.87. The molecular weight excluding hydrogens is 304 g/mol. The number of rotatable bonds is 6. The molecule has 0 saturated heterocycles. The molecule has 1 aromatic carbocycles. The van der Waals surface area contributed by atoms with Crippen LogP contribution in [0.5, 0.6) is 5.75 Å². The Labute approximate surface area is 117 Å². The molecule has 0 bridgehead atoms. The molecule has 0 heterocycles. The Morgan fingerprint density at radius 3 is 2.71 bits per heavy atom. The van der Waals surface area contributed by atoms with Gasteiger partial charge in [-0.25, -0.2) is 4.39 Å². The zero-order valence-electron chi connectivity index (χ0n) is 8.66. The van der Waals surface area contributed by atoms with E-state index >= 15 is 0 Å². The highest BCUT2D eigenvalue weighted by Crippen LogP contribution is 2.36. The van der Waals surface area contributed by atoms with E-state index in [1.807, 2.05) is 0 Å². The predicted octanol–water partition coefficient (Wildman–Crippen LogP) is 4.37. The number of benzene rings is 1. The van der Waals surface area contributed by atoms with Crippen molar-refractivity contribution >= 4 is 43.3 Å². The van der Waals surface area contributed by atoms with Crippen molar-refractivity contribution in [3.05, 3.63) is 30.1 Å². The number of halogens is 3. The van der Waals surface area contributed by atoms with Crippen LogP contribution in [0.2, 0.25) is 0 Å². The highest BCUT2D eigenvalue weighted by atomic mass is 35.7. The van der Waals surface area contributed by atoms with Crippen LogP contribution in [0.1, 0.15) is 0 Å². The van der Waals surface area contributed by atoms with Gasteiger partial charge in [0.25, 0.3) is 0 Å². The number of ether oxygens (including phenoxy) is 1. The summed E-state index contributed by atoms with van der Waals surface area (Å²) in [5.74, 6) is 0.576. The fourth-order valence-electron chi connectivity index (χ4n) is 1.02. The van der Waals surface area contributed by atoms with Gasteiger partial charge in [0.2, 0.25) is 0 Å². The van der Waals surface area contributed by atoms with Crippen LogP contribution in [0.25, 0.3) is 0 Å². The predicted molar refractivity (Wildman–Crippen MR) is 73.6 cm³/mol. The summed E-state index contributed by atoms with van der Waals surface area (Å²) in [6.07, 6.45) is 0.455. The summed E-state index contributed by atoms with van der Waals surface area (Å²) in [6.45, 7) is 0.223. The lowest BCUT2D eigenvalue weighted by Gasteiger charge is -2.10. The van der Waals surface area contributed by atoms with Gasteiger partial charge in [-0.2, -0.15) is 0 Å². The summed E-state index contributed by atoms with van der Waals surface area (Å²) in [7, 11) is 13.5. The van der Waals surface area contributed by atoms with Crippen LogP contribution in [-0.2, 0) is 0 Å². The van der Waals surface area contributed by atoms with E-state index in [4.69, 9.17) is 31.8 Å². The van der Waals surface area contributed by atoms with Gasteiger partial charge in [0.05, 0.1) is 11.2 Å². The second-order valence-electron chi connectivity index (χ2n) is 3.02. The molecule has 0 aliphatic rings. The van der Waals surface area contributed by atoms with Crippen LogP contribution in [0, 0.1) is 0 Å². The van der Waals surface area contributed by atoms with Gasteiger partial charge in [0.15, 0.2) is 0 Å². The summed E-state index contributed by atoms with van der Waals surface area (Å²) >= 11 is 0. The molecular formula is C10H10Cl2FNOS2. The summed E-state index contributed by atoms with van der Waals surface area (Å²) < 4.78 is 17.7. The van der Waals surface area contributed by atoms with Crippen LogP contribution in [-0.4, -0.2) is 13.2 Å². The first-order valence-electron chi connectivity index (χ1n) is 4.57. The Morgan fingerprint density at radius 2 is 2.18 bits per heavy atom. The molecule has 0 aliphatic heterocycles. The molecule has 1 rings (SSSR count). The van der Waals surface area contributed by atoms with Gasteiger partial charge in [-0.15, -0.1) is 0 Å². The quantitative estimate of drug-likeness (QED) is 0.846. The fourth-order valence-corrected chi connectivity index (χ4v) is 2.40. The van der Waals surface area contributed by atoms with Crippen LogP contribution >= 0.6 is 43.3 Å². The van der Waals surface area contributed by atoms with Crippen molar-refractivity contribution in [3.8, 4) is 5.75 Å². The topological polar surface area (TPSA) is 35.2 Å². The molecule has 2 nitrogen and oxygen atoms in total. The first-order valence-corrected chi connectivity index (χ1v) is 7.86. The van der Waals surface area contributed by atoms with E-state index in [-0.39, 0.29) is 13.2 Å². The monoisotopic (exact) mass is 313 g/mol. The molecule has 1 aromatic rings. The molecule has 0 fully saturated rings. The SMILES string of the molecule is NCC(=CF)COc1ccc(SCl)cc1SCl. The van der Waals surface area contributed by atoms with Crippen molar-refractivity contribution < 1.29 is 9.13 Å². The van der Waals surface area contributed by atoms with Crippen LogP contribution in [0.3, 0.4) is 0 Å². The summed E-state index contributed by atoms with van der Waals surface area (Å²) in [5.41, 5.74) is 5.70. The maximum Gasteiger partial charge on any atom is 0.134 e. The maximum absolute atomic E-state index is 12.3. The second-order valence-corrected chi connectivity index (χ2v) is 5.17. The van der Waals surface area contributed by atoms with Crippen molar-refractivity contribution in [3.63, 3.8) is 0 Å². The summed E-state index contributed by atoms with van der Waals surface area (Å²) in [6, 6.07) is 5.33. The molecule has 0 aromatic heterocycles. The molecule has 7 heteroatoms. The lowest BCUT2D eigenvalue weighted by atomic mass is 10.3. The molecule has 0 aliphatic carbocycles. The largest absolute Gasteiger partial charge is 0.488 e. The molecule has 0 unspecified atom stereocenters. The lowest BCUT2D eigenvalue weighted by Crippen LogP contribution is -2.11. The molecule has 94 valence electrons. The Balaban J connectivity index is 2.77. The first kappa shape index (κ1) is 15.0. The average Bonchev–Trinajstić information content (AvgIpc) is 2.39. The van der Waals surface area contributed by atoms with Crippen molar-refractivity contribution in [2.24, 2.45) is 5.73 Å². The normalized spacial score (nSPS) is 11.6. The Morgan fingerprint density at radius 1 is 1.41 bits per heavy atom. The standard InChI is InChI=1S/C10H10Cl2FNOS2/c11-16-8-1-2-9(10(3-8)17-12)15-6-7(4-13)5-14/h1-4H,5-6,14H2. The fraction of sp³-hybridized carbons (Fsp3) is 0.200. The van der Waals surface area contributed by atoms with Crippen LogP contribution in [0.4, 0.5) is 4.39 Å². The minimum atomic E-state index is 0.102. The molecule has 0 amide bonds. The maximum atomic E-state index is 12.3. The van der Waals surface area contributed by atoms with Gasteiger partial charge in [0, 0.05) is 17.0 Å². The van der Waals surface area contributed by atoms with Crippen molar-refractivity contribution in [1.29, 1.82) is 0 Å². The lowest BCUT2D eigenvalue weighted by molar-refractivity contribution is 0.339. The summed E-state index contributed by atoms with van der Waals surface area (Å²) in [5, 5.41) is 0. The Hall–Kier alpha value is -0.0700. The molecule has 0 spiro atoms. The zero-order chi connectivity index (χ0) is 12.7. The third-order valence-electron chi connectivity index (χ3n) is 1.92. The molecule has 0 saturated carbocycles. The zero-order valence-corrected chi connectivity index (χ0v) is 11.8. The van der Waals surface area contributed by atoms with E-state index in [0.29, 0.717) is 17.7 Å².